The first-order chi connectivity index (χ1) is 10.7. The summed E-state index contributed by atoms with van der Waals surface area (Å²) in [5, 5.41) is 2.74. The Labute approximate surface area is 127 Å². The van der Waals surface area contributed by atoms with Crippen molar-refractivity contribution in [2.24, 2.45) is 0 Å². The Hall–Kier alpha value is -2.89. The summed E-state index contributed by atoms with van der Waals surface area (Å²) in [6.45, 7) is 2.07. The van der Waals surface area contributed by atoms with Gasteiger partial charge in [-0.25, -0.2) is 14.8 Å². The maximum absolute atomic E-state index is 11.8. The lowest BCUT2D eigenvalue weighted by Gasteiger charge is -2.11. The van der Waals surface area contributed by atoms with Crippen LogP contribution in [0.1, 0.15) is 24.4 Å². The molecule has 3 aromatic rings. The molecule has 0 fully saturated rings. The van der Waals surface area contributed by atoms with Gasteiger partial charge in [0, 0.05) is 6.20 Å². The standard InChI is InChI=1S/C16H16N4O2/c1-11(14-19-13-8-5-9-17-15(13)20-14)18-16(21)22-10-12-6-3-2-4-7-12/h2-9,11H,10H2,1H3,(H,18,21)(H,17,19,20). The average Bonchev–Trinajstić information content (AvgIpc) is 2.98. The minimum atomic E-state index is -0.482. The van der Waals surface area contributed by atoms with E-state index in [1.54, 1.807) is 6.20 Å². The maximum atomic E-state index is 11.8. The molecule has 6 heteroatoms. The van der Waals surface area contributed by atoms with Crippen LogP contribution in [-0.4, -0.2) is 21.0 Å². The third kappa shape index (κ3) is 3.22. The summed E-state index contributed by atoms with van der Waals surface area (Å²) in [6, 6.07) is 13.0. The molecule has 1 aromatic carbocycles. The van der Waals surface area contributed by atoms with Gasteiger partial charge in [-0.05, 0) is 24.6 Å². The van der Waals surface area contributed by atoms with Crippen LogP contribution in [-0.2, 0) is 11.3 Å². The molecular formula is C16H16N4O2. The Morgan fingerprint density at radius 3 is 2.86 bits per heavy atom. The molecule has 22 heavy (non-hydrogen) atoms. The molecule has 2 N–H and O–H groups in total. The monoisotopic (exact) mass is 296 g/mol. The SMILES string of the molecule is CC(NC(=O)OCc1ccccc1)c1nc2ncccc2[nH]1. The van der Waals surface area contributed by atoms with E-state index in [0.717, 1.165) is 11.1 Å². The van der Waals surface area contributed by atoms with Gasteiger partial charge < -0.3 is 15.0 Å². The van der Waals surface area contributed by atoms with Crippen molar-refractivity contribution in [3.63, 3.8) is 0 Å². The number of amides is 1. The molecule has 2 aromatic heterocycles. The molecule has 2 heterocycles. The summed E-state index contributed by atoms with van der Waals surface area (Å²) in [5.74, 6) is 0.644. The first-order valence-corrected chi connectivity index (χ1v) is 7.00. The van der Waals surface area contributed by atoms with Crippen molar-refractivity contribution in [1.29, 1.82) is 0 Å². The molecule has 0 saturated heterocycles. The predicted molar refractivity (Wildman–Crippen MR) is 82.1 cm³/mol. The number of aromatic nitrogens is 3. The van der Waals surface area contributed by atoms with Gasteiger partial charge in [-0.2, -0.15) is 0 Å². The van der Waals surface area contributed by atoms with E-state index in [-0.39, 0.29) is 12.6 Å². The molecule has 0 spiro atoms. The van der Waals surface area contributed by atoms with Gasteiger partial charge in [-0.1, -0.05) is 30.3 Å². The van der Waals surface area contributed by atoms with Crippen molar-refractivity contribution < 1.29 is 9.53 Å². The fraction of sp³-hybridized carbons (Fsp3) is 0.188. The predicted octanol–water partition coefficient (Wildman–Crippen LogP) is 2.95. The molecule has 0 aliphatic rings. The Kier molecular flexibility index (Phi) is 4.00. The first-order valence-electron chi connectivity index (χ1n) is 7.00. The van der Waals surface area contributed by atoms with E-state index in [2.05, 4.69) is 20.3 Å². The summed E-state index contributed by atoms with van der Waals surface area (Å²) >= 11 is 0. The highest BCUT2D eigenvalue weighted by atomic mass is 16.5. The van der Waals surface area contributed by atoms with Crippen molar-refractivity contribution in [2.75, 3.05) is 0 Å². The molecule has 1 unspecified atom stereocenters. The maximum Gasteiger partial charge on any atom is 0.408 e. The number of ether oxygens (including phenoxy) is 1. The van der Waals surface area contributed by atoms with E-state index in [1.165, 1.54) is 0 Å². The van der Waals surface area contributed by atoms with Crippen LogP contribution >= 0.6 is 0 Å². The topological polar surface area (TPSA) is 79.9 Å². The van der Waals surface area contributed by atoms with Crippen molar-refractivity contribution in [3.05, 3.63) is 60.0 Å². The van der Waals surface area contributed by atoms with E-state index in [4.69, 9.17) is 4.74 Å². The number of alkyl carbamates (subject to hydrolysis) is 1. The average molecular weight is 296 g/mol. The lowest BCUT2D eigenvalue weighted by Crippen LogP contribution is -2.27. The van der Waals surface area contributed by atoms with Gasteiger partial charge in [0.05, 0.1) is 11.6 Å². The van der Waals surface area contributed by atoms with Gasteiger partial charge in [0.15, 0.2) is 5.65 Å². The number of nitrogens with zero attached hydrogens (tertiary/aromatic N) is 2. The van der Waals surface area contributed by atoms with Gasteiger partial charge in [-0.3, -0.25) is 0 Å². The number of nitrogens with one attached hydrogen (secondary N) is 2. The molecule has 0 saturated carbocycles. The number of benzene rings is 1. The van der Waals surface area contributed by atoms with Crippen molar-refractivity contribution >= 4 is 17.3 Å². The quantitative estimate of drug-likeness (QED) is 0.775. The van der Waals surface area contributed by atoms with Crippen LogP contribution < -0.4 is 5.32 Å². The number of aromatic amines is 1. The third-order valence-electron chi connectivity index (χ3n) is 3.23. The summed E-state index contributed by atoms with van der Waals surface area (Å²) < 4.78 is 5.19. The summed E-state index contributed by atoms with van der Waals surface area (Å²) in [6.07, 6.45) is 1.20. The van der Waals surface area contributed by atoms with Gasteiger partial charge in [0.1, 0.15) is 12.4 Å². The lowest BCUT2D eigenvalue weighted by molar-refractivity contribution is 0.136. The molecule has 1 amide bonds. The zero-order valence-corrected chi connectivity index (χ0v) is 12.1. The Morgan fingerprint density at radius 2 is 2.09 bits per heavy atom. The zero-order chi connectivity index (χ0) is 15.4. The number of fused-ring (bicyclic) bond motifs is 1. The molecule has 6 nitrogen and oxygen atoms in total. The third-order valence-corrected chi connectivity index (χ3v) is 3.23. The second kappa shape index (κ2) is 6.26. The summed E-state index contributed by atoms with van der Waals surface area (Å²) in [7, 11) is 0. The van der Waals surface area contributed by atoms with Crippen LogP contribution in [0.25, 0.3) is 11.2 Å². The highest BCUT2D eigenvalue weighted by Gasteiger charge is 2.14. The van der Waals surface area contributed by atoms with Crippen LogP contribution in [0.15, 0.2) is 48.7 Å². The number of hydrogen-bond donors (Lipinski definition) is 2. The molecule has 112 valence electrons. The van der Waals surface area contributed by atoms with Gasteiger partial charge >= 0.3 is 6.09 Å². The molecule has 0 bridgehead atoms. The number of pyridine rings is 1. The second-order valence-electron chi connectivity index (χ2n) is 4.92. The van der Waals surface area contributed by atoms with E-state index < -0.39 is 6.09 Å². The summed E-state index contributed by atoms with van der Waals surface area (Å²) in [4.78, 5) is 23.5. The van der Waals surface area contributed by atoms with Crippen LogP contribution in [0, 0.1) is 0 Å². The van der Waals surface area contributed by atoms with Gasteiger partial charge in [0.25, 0.3) is 0 Å². The number of H-pyrrole nitrogens is 1. The smallest absolute Gasteiger partial charge is 0.408 e. The molecule has 0 radical (unpaired) electrons. The van der Waals surface area contributed by atoms with Crippen LogP contribution in [0.3, 0.4) is 0 Å². The van der Waals surface area contributed by atoms with E-state index in [1.807, 2.05) is 49.4 Å². The van der Waals surface area contributed by atoms with Crippen LogP contribution in [0.5, 0.6) is 0 Å². The second-order valence-corrected chi connectivity index (χ2v) is 4.92. The number of hydrogen-bond acceptors (Lipinski definition) is 4. The number of rotatable bonds is 4. The molecule has 1 atom stereocenters. The fourth-order valence-corrected chi connectivity index (χ4v) is 2.08. The molecule has 3 rings (SSSR count). The Balaban J connectivity index is 1.58. The van der Waals surface area contributed by atoms with Gasteiger partial charge in [0.2, 0.25) is 0 Å². The van der Waals surface area contributed by atoms with Crippen molar-refractivity contribution in [1.82, 2.24) is 20.3 Å². The van der Waals surface area contributed by atoms with Crippen molar-refractivity contribution in [3.8, 4) is 0 Å². The Bertz CT molecular complexity index is 737. The number of imidazole rings is 1. The summed E-state index contributed by atoms with van der Waals surface area (Å²) in [5.41, 5.74) is 2.41. The number of carbonyl (C=O) groups is 1. The van der Waals surface area contributed by atoms with E-state index >= 15 is 0 Å². The van der Waals surface area contributed by atoms with Crippen LogP contribution in [0.2, 0.25) is 0 Å². The minimum absolute atomic E-state index is 0.237. The van der Waals surface area contributed by atoms with Gasteiger partial charge in [-0.15, -0.1) is 0 Å². The van der Waals surface area contributed by atoms with E-state index in [0.29, 0.717) is 11.5 Å². The largest absolute Gasteiger partial charge is 0.445 e. The van der Waals surface area contributed by atoms with Crippen molar-refractivity contribution in [2.45, 2.75) is 19.6 Å². The lowest BCUT2D eigenvalue weighted by atomic mass is 10.2. The fourth-order valence-electron chi connectivity index (χ4n) is 2.08. The van der Waals surface area contributed by atoms with Crippen LogP contribution in [0.4, 0.5) is 4.79 Å². The van der Waals surface area contributed by atoms with E-state index in [9.17, 15) is 4.79 Å². The number of carbonyl (C=O) groups excluding carboxylic acids is 1. The minimum Gasteiger partial charge on any atom is -0.445 e. The zero-order valence-electron chi connectivity index (χ0n) is 12.1. The Morgan fingerprint density at radius 1 is 1.27 bits per heavy atom. The highest BCUT2D eigenvalue weighted by molar-refractivity contribution is 5.71. The molecule has 0 aliphatic carbocycles. The normalized spacial score (nSPS) is 12.0. The first kappa shape index (κ1) is 14.1. The molecular weight excluding hydrogens is 280 g/mol. The molecule has 0 aliphatic heterocycles. The highest BCUT2D eigenvalue weighted by Crippen LogP contribution is 2.13.